The zero-order valence-electron chi connectivity index (χ0n) is 13.3. The van der Waals surface area contributed by atoms with E-state index in [4.69, 9.17) is 9.47 Å². The molecular weight excluding hydrogens is 264 g/mol. The monoisotopic (exact) mass is 292 g/mol. The lowest BCUT2D eigenvalue weighted by Crippen LogP contribution is -2.33. The Labute approximate surface area is 128 Å². The minimum Gasteiger partial charge on any atom is -0.490 e. The van der Waals surface area contributed by atoms with Gasteiger partial charge in [-0.25, -0.2) is 0 Å². The van der Waals surface area contributed by atoms with Gasteiger partial charge >= 0.3 is 0 Å². The van der Waals surface area contributed by atoms with Crippen molar-refractivity contribution in [3.05, 3.63) is 23.8 Å². The highest BCUT2D eigenvalue weighted by Gasteiger charge is 2.12. The van der Waals surface area contributed by atoms with Crippen LogP contribution in [0.2, 0.25) is 0 Å². The Hall–Kier alpha value is -1.26. The van der Waals surface area contributed by atoms with E-state index in [1.807, 2.05) is 19.9 Å². The Balaban J connectivity index is 1.85. The molecule has 4 heteroatoms. The number of hydrogen-bond donors (Lipinski definition) is 2. The average molecular weight is 292 g/mol. The summed E-state index contributed by atoms with van der Waals surface area (Å²) in [7, 11) is 0. The van der Waals surface area contributed by atoms with Crippen molar-refractivity contribution in [2.45, 2.75) is 33.2 Å². The molecule has 118 valence electrons. The maximum Gasteiger partial charge on any atom is 0.161 e. The SMILES string of the molecule is CCOc1ccc(CNCC2CCNCC2)cc1OCC. The molecule has 1 aromatic rings. The lowest BCUT2D eigenvalue weighted by molar-refractivity contribution is 0.287. The van der Waals surface area contributed by atoms with Crippen molar-refractivity contribution in [1.82, 2.24) is 10.6 Å². The molecule has 0 amide bonds. The summed E-state index contributed by atoms with van der Waals surface area (Å²) in [6.45, 7) is 9.60. The van der Waals surface area contributed by atoms with Crippen LogP contribution in [0.25, 0.3) is 0 Å². The number of benzene rings is 1. The molecule has 0 aromatic heterocycles. The highest BCUT2D eigenvalue weighted by atomic mass is 16.5. The molecule has 1 aliphatic heterocycles. The third-order valence-corrected chi connectivity index (χ3v) is 3.83. The maximum atomic E-state index is 5.67. The Morgan fingerprint density at radius 1 is 1.10 bits per heavy atom. The molecule has 1 fully saturated rings. The maximum absolute atomic E-state index is 5.67. The average Bonchev–Trinajstić information content (AvgIpc) is 2.51. The molecule has 4 nitrogen and oxygen atoms in total. The van der Waals surface area contributed by atoms with E-state index in [0.29, 0.717) is 13.2 Å². The second kappa shape index (κ2) is 8.90. The van der Waals surface area contributed by atoms with Gasteiger partial charge in [-0.05, 0) is 69.9 Å². The normalized spacial score (nSPS) is 15.9. The largest absolute Gasteiger partial charge is 0.490 e. The summed E-state index contributed by atoms with van der Waals surface area (Å²) in [6, 6.07) is 6.21. The van der Waals surface area contributed by atoms with Crippen molar-refractivity contribution in [3.8, 4) is 11.5 Å². The Morgan fingerprint density at radius 2 is 1.81 bits per heavy atom. The molecule has 1 saturated heterocycles. The van der Waals surface area contributed by atoms with Crippen molar-refractivity contribution < 1.29 is 9.47 Å². The van der Waals surface area contributed by atoms with Crippen molar-refractivity contribution in [3.63, 3.8) is 0 Å². The van der Waals surface area contributed by atoms with Crippen LogP contribution in [0.5, 0.6) is 11.5 Å². The van der Waals surface area contributed by atoms with Crippen LogP contribution in [-0.2, 0) is 6.54 Å². The number of ether oxygens (including phenoxy) is 2. The molecule has 0 bridgehead atoms. The molecule has 21 heavy (non-hydrogen) atoms. The fourth-order valence-corrected chi connectivity index (χ4v) is 2.71. The van der Waals surface area contributed by atoms with Crippen molar-refractivity contribution in [2.75, 3.05) is 32.8 Å². The van der Waals surface area contributed by atoms with E-state index >= 15 is 0 Å². The zero-order chi connectivity index (χ0) is 14.9. The van der Waals surface area contributed by atoms with Crippen molar-refractivity contribution in [2.24, 2.45) is 5.92 Å². The van der Waals surface area contributed by atoms with Gasteiger partial charge in [-0.3, -0.25) is 0 Å². The molecule has 2 rings (SSSR count). The predicted molar refractivity (Wildman–Crippen MR) is 86.1 cm³/mol. The summed E-state index contributed by atoms with van der Waals surface area (Å²) in [5, 5.41) is 6.97. The Kier molecular flexibility index (Phi) is 6.83. The first kappa shape index (κ1) is 16.1. The minimum atomic E-state index is 0.659. The fourth-order valence-electron chi connectivity index (χ4n) is 2.71. The summed E-state index contributed by atoms with van der Waals surface area (Å²) in [6.07, 6.45) is 2.56. The molecule has 1 aromatic carbocycles. The van der Waals surface area contributed by atoms with E-state index in [1.165, 1.54) is 18.4 Å². The quantitative estimate of drug-likeness (QED) is 0.773. The van der Waals surface area contributed by atoms with Crippen LogP contribution < -0.4 is 20.1 Å². The standard InChI is InChI=1S/C17H28N2O2/c1-3-20-16-6-5-15(11-17(16)21-4-2)13-19-12-14-7-9-18-10-8-14/h5-6,11,14,18-19H,3-4,7-10,12-13H2,1-2H3. The highest BCUT2D eigenvalue weighted by molar-refractivity contribution is 5.43. The second-order valence-electron chi connectivity index (χ2n) is 5.47. The van der Waals surface area contributed by atoms with Gasteiger partial charge in [0.05, 0.1) is 13.2 Å². The first-order valence-corrected chi connectivity index (χ1v) is 8.13. The summed E-state index contributed by atoms with van der Waals surface area (Å²) in [4.78, 5) is 0. The fraction of sp³-hybridized carbons (Fsp3) is 0.647. The van der Waals surface area contributed by atoms with E-state index in [0.717, 1.165) is 43.6 Å². The van der Waals surface area contributed by atoms with Gasteiger partial charge < -0.3 is 20.1 Å². The molecule has 0 spiro atoms. The van der Waals surface area contributed by atoms with Gasteiger partial charge in [0.25, 0.3) is 0 Å². The number of nitrogens with one attached hydrogen (secondary N) is 2. The third-order valence-electron chi connectivity index (χ3n) is 3.83. The summed E-state index contributed by atoms with van der Waals surface area (Å²) < 4.78 is 11.3. The molecule has 1 aliphatic rings. The van der Waals surface area contributed by atoms with Crippen LogP contribution in [0.3, 0.4) is 0 Å². The summed E-state index contributed by atoms with van der Waals surface area (Å²) >= 11 is 0. The lowest BCUT2D eigenvalue weighted by Gasteiger charge is -2.23. The van der Waals surface area contributed by atoms with Crippen LogP contribution in [0.1, 0.15) is 32.3 Å². The predicted octanol–water partition coefficient (Wildman–Crippen LogP) is 2.57. The van der Waals surface area contributed by atoms with Crippen LogP contribution >= 0.6 is 0 Å². The van der Waals surface area contributed by atoms with E-state index in [1.54, 1.807) is 0 Å². The van der Waals surface area contributed by atoms with Crippen LogP contribution in [-0.4, -0.2) is 32.8 Å². The van der Waals surface area contributed by atoms with Gasteiger partial charge in [0.2, 0.25) is 0 Å². The number of piperidine rings is 1. The van der Waals surface area contributed by atoms with Gasteiger partial charge in [0.15, 0.2) is 11.5 Å². The van der Waals surface area contributed by atoms with Gasteiger partial charge in [-0.1, -0.05) is 6.07 Å². The molecule has 0 saturated carbocycles. The first-order chi connectivity index (χ1) is 10.3. The molecule has 0 atom stereocenters. The molecule has 0 unspecified atom stereocenters. The van der Waals surface area contributed by atoms with Crippen molar-refractivity contribution >= 4 is 0 Å². The highest BCUT2D eigenvalue weighted by Crippen LogP contribution is 2.28. The molecule has 1 heterocycles. The Bertz CT molecular complexity index is 417. The van der Waals surface area contributed by atoms with Crippen LogP contribution in [0, 0.1) is 5.92 Å². The number of hydrogen-bond acceptors (Lipinski definition) is 4. The van der Waals surface area contributed by atoms with Crippen molar-refractivity contribution in [1.29, 1.82) is 0 Å². The van der Waals surface area contributed by atoms with E-state index < -0.39 is 0 Å². The van der Waals surface area contributed by atoms with E-state index in [-0.39, 0.29) is 0 Å². The number of rotatable bonds is 8. The van der Waals surface area contributed by atoms with E-state index in [2.05, 4.69) is 22.8 Å². The summed E-state index contributed by atoms with van der Waals surface area (Å²) in [5.41, 5.74) is 1.25. The van der Waals surface area contributed by atoms with Crippen LogP contribution in [0.15, 0.2) is 18.2 Å². The summed E-state index contributed by atoms with van der Waals surface area (Å²) in [5.74, 6) is 2.49. The molecule has 0 radical (unpaired) electrons. The smallest absolute Gasteiger partial charge is 0.161 e. The van der Waals surface area contributed by atoms with Gasteiger partial charge in [0.1, 0.15) is 0 Å². The first-order valence-electron chi connectivity index (χ1n) is 8.13. The molecule has 0 aliphatic carbocycles. The zero-order valence-corrected chi connectivity index (χ0v) is 13.3. The van der Waals surface area contributed by atoms with Gasteiger partial charge in [-0.15, -0.1) is 0 Å². The molecule has 2 N–H and O–H groups in total. The molecular formula is C17H28N2O2. The lowest BCUT2D eigenvalue weighted by atomic mass is 9.98. The topological polar surface area (TPSA) is 42.5 Å². The van der Waals surface area contributed by atoms with Gasteiger partial charge in [0, 0.05) is 6.54 Å². The van der Waals surface area contributed by atoms with Gasteiger partial charge in [-0.2, -0.15) is 0 Å². The second-order valence-corrected chi connectivity index (χ2v) is 5.47. The van der Waals surface area contributed by atoms with Crippen LogP contribution in [0.4, 0.5) is 0 Å². The van der Waals surface area contributed by atoms with E-state index in [9.17, 15) is 0 Å². The Morgan fingerprint density at radius 3 is 2.52 bits per heavy atom. The third kappa shape index (κ3) is 5.21. The minimum absolute atomic E-state index is 0.659.